The van der Waals surface area contributed by atoms with E-state index in [1.807, 2.05) is 6.08 Å². The van der Waals surface area contributed by atoms with Crippen LogP contribution in [0.1, 0.15) is 18.7 Å². The van der Waals surface area contributed by atoms with Gasteiger partial charge in [-0.25, -0.2) is 18.6 Å². The van der Waals surface area contributed by atoms with Crippen molar-refractivity contribution in [3.05, 3.63) is 59.7 Å². The normalized spacial score (nSPS) is 14.2. The Bertz CT molecular complexity index is 824. The Morgan fingerprint density at radius 3 is 2.87 bits per heavy atom. The van der Waals surface area contributed by atoms with E-state index >= 15 is 0 Å². The third-order valence-corrected chi connectivity index (χ3v) is 3.44. The Hall–Kier alpha value is -2.80. The summed E-state index contributed by atoms with van der Waals surface area (Å²) >= 11 is 0. The van der Waals surface area contributed by atoms with Crippen LogP contribution in [0, 0.1) is 11.6 Å². The summed E-state index contributed by atoms with van der Waals surface area (Å²) in [6.07, 6.45) is 5.90. The molecule has 1 aromatic heterocycles. The number of oxazole rings is 1. The molecule has 0 saturated carbocycles. The van der Waals surface area contributed by atoms with Crippen molar-refractivity contribution in [3.8, 4) is 11.3 Å². The number of benzene rings is 1. The van der Waals surface area contributed by atoms with Crippen LogP contribution in [0.3, 0.4) is 0 Å². The quantitative estimate of drug-likeness (QED) is 0.880. The maximum atomic E-state index is 13.3. The first-order valence-corrected chi connectivity index (χ1v) is 6.81. The molecule has 1 heterocycles. The molecule has 1 aliphatic carbocycles. The molecule has 0 aliphatic heterocycles. The second-order valence-electron chi connectivity index (χ2n) is 4.94. The van der Waals surface area contributed by atoms with Gasteiger partial charge >= 0.3 is 5.97 Å². The Balaban J connectivity index is 1.90. The van der Waals surface area contributed by atoms with E-state index in [0.29, 0.717) is 35.2 Å². The summed E-state index contributed by atoms with van der Waals surface area (Å²) in [6, 6.07) is 3.47. The van der Waals surface area contributed by atoms with Crippen molar-refractivity contribution < 1.29 is 22.8 Å². The monoisotopic (exact) mass is 318 g/mol. The van der Waals surface area contributed by atoms with Gasteiger partial charge in [-0.05, 0) is 37.1 Å². The number of nitrogens with two attached hydrogens (primary N) is 1. The van der Waals surface area contributed by atoms with Crippen molar-refractivity contribution >= 4 is 11.5 Å². The van der Waals surface area contributed by atoms with Crippen molar-refractivity contribution in [1.29, 1.82) is 0 Å². The van der Waals surface area contributed by atoms with Crippen molar-refractivity contribution in [2.24, 2.45) is 5.90 Å². The van der Waals surface area contributed by atoms with Gasteiger partial charge in [0.25, 0.3) is 0 Å². The van der Waals surface area contributed by atoms with Crippen LogP contribution in [0.5, 0.6) is 0 Å². The molecule has 2 aromatic rings. The maximum absolute atomic E-state index is 13.3. The minimum Gasteiger partial charge on any atom is -0.444 e. The van der Waals surface area contributed by atoms with E-state index in [0.717, 1.165) is 12.1 Å². The zero-order valence-corrected chi connectivity index (χ0v) is 11.9. The largest absolute Gasteiger partial charge is 0.444 e. The Labute approximate surface area is 130 Å². The van der Waals surface area contributed by atoms with E-state index in [9.17, 15) is 13.6 Å². The van der Waals surface area contributed by atoms with Gasteiger partial charge in [-0.2, -0.15) is 5.90 Å². The number of nitrogens with zero attached hydrogens (tertiary/aromatic N) is 1. The lowest BCUT2D eigenvalue weighted by molar-refractivity contribution is -0.139. The first-order valence-electron chi connectivity index (χ1n) is 6.81. The minimum atomic E-state index is -0.961. The number of halogens is 2. The number of allylic oxidation sites excluding steroid dienone is 3. The van der Waals surface area contributed by atoms with Crippen molar-refractivity contribution in [2.75, 3.05) is 0 Å². The van der Waals surface area contributed by atoms with Crippen LogP contribution in [0.25, 0.3) is 16.8 Å². The van der Waals surface area contributed by atoms with Gasteiger partial charge in [0.2, 0.25) is 5.89 Å². The summed E-state index contributed by atoms with van der Waals surface area (Å²) in [4.78, 5) is 19.9. The Morgan fingerprint density at radius 1 is 1.30 bits per heavy atom. The van der Waals surface area contributed by atoms with Gasteiger partial charge < -0.3 is 9.25 Å². The highest BCUT2D eigenvalue weighted by atomic mass is 19.2. The van der Waals surface area contributed by atoms with Crippen LogP contribution < -0.4 is 5.90 Å². The van der Waals surface area contributed by atoms with Crippen LogP contribution in [0.4, 0.5) is 8.78 Å². The second kappa shape index (κ2) is 6.13. The van der Waals surface area contributed by atoms with Crippen molar-refractivity contribution in [2.45, 2.75) is 12.8 Å². The first-order chi connectivity index (χ1) is 11.1. The fraction of sp³-hybridized carbons (Fsp3) is 0.125. The highest BCUT2D eigenvalue weighted by Gasteiger charge is 2.18. The van der Waals surface area contributed by atoms with Crippen LogP contribution in [0.15, 0.2) is 46.6 Å². The van der Waals surface area contributed by atoms with Gasteiger partial charge in [0.15, 0.2) is 11.6 Å². The van der Waals surface area contributed by atoms with Gasteiger partial charge in [-0.1, -0.05) is 6.08 Å². The first kappa shape index (κ1) is 15.1. The highest BCUT2D eigenvalue weighted by molar-refractivity contribution is 5.92. The fourth-order valence-electron chi connectivity index (χ4n) is 2.28. The minimum absolute atomic E-state index is 0.270. The van der Waals surface area contributed by atoms with Crippen LogP contribution in [-0.2, 0) is 9.63 Å². The van der Waals surface area contributed by atoms with Gasteiger partial charge in [-0.15, -0.1) is 0 Å². The molecule has 1 aromatic carbocycles. The van der Waals surface area contributed by atoms with E-state index < -0.39 is 17.6 Å². The molecule has 7 heteroatoms. The number of carbonyl (C=O) groups is 1. The smallest absolute Gasteiger partial charge is 0.352 e. The Kier molecular flexibility index (Phi) is 4.03. The summed E-state index contributed by atoms with van der Waals surface area (Å²) in [5.74, 6) is 2.65. The van der Waals surface area contributed by atoms with Gasteiger partial charge in [-0.3, -0.25) is 0 Å². The fourth-order valence-corrected chi connectivity index (χ4v) is 2.28. The molecule has 1 aliphatic rings. The van der Waals surface area contributed by atoms with E-state index in [-0.39, 0.29) is 5.89 Å². The van der Waals surface area contributed by atoms with Gasteiger partial charge in [0, 0.05) is 16.7 Å². The topological polar surface area (TPSA) is 78.4 Å². The standard InChI is InChI=1S/C16H12F2N2O3/c17-12-5-4-9(7-13(12)18)14-8-22-15(20-14)10-2-1-3-11(6-10)16(21)23-19/h2,4-8H,1,3,19H2. The number of rotatable bonds is 3. The number of aromatic nitrogens is 1. The lowest BCUT2D eigenvalue weighted by Crippen LogP contribution is -2.13. The molecule has 0 radical (unpaired) electrons. The van der Waals surface area contributed by atoms with Crippen molar-refractivity contribution in [1.82, 2.24) is 4.98 Å². The van der Waals surface area contributed by atoms with Crippen LogP contribution in [-0.4, -0.2) is 11.0 Å². The summed E-state index contributed by atoms with van der Waals surface area (Å²) in [5.41, 5.74) is 1.77. The number of carbonyl (C=O) groups excluding carboxylic acids is 1. The number of hydrogen-bond donors (Lipinski definition) is 1. The third-order valence-electron chi connectivity index (χ3n) is 3.44. The lowest BCUT2D eigenvalue weighted by atomic mass is 9.99. The van der Waals surface area contributed by atoms with E-state index in [4.69, 9.17) is 10.3 Å². The van der Waals surface area contributed by atoms with Crippen LogP contribution in [0.2, 0.25) is 0 Å². The summed E-state index contributed by atoms with van der Waals surface area (Å²) in [5, 5.41) is 0. The summed E-state index contributed by atoms with van der Waals surface area (Å²) in [6.45, 7) is 0. The molecule has 0 unspecified atom stereocenters. The molecule has 5 nitrogen and oxygen atoms in total. The molecular formula is C16H12F2N2O3. The molecule has 3 rings (SSSR count). The highest BCUT2D eigenvalue weighted by Crippen LogP contribution is 2.28. The van der Waals surface area contributed by atoms with E-state index in [1.165, 1.54) is 12.3 Å². The summed E-state index contributed by atoms with van der Waals surface area (Å²) in [7, 11) is 0. The van der Waals surface area contributed by atoms with Gasteiger partial charge in [0.1, 0.15) is 12.0 Å². The maximum Gasteiger partial charge on any atom is 0.352 e. The van der Waals surface area contributed by atoms with Crippen molar-refractivity contribution in [3.63, 3.8) is 0 Å². The summed E-state index contributed by atoms with van der Waals surface area (Å²) < 4.78 is 31.6. The third kappa shape index (κ3) is 3.04. The SMILES string of the molecule is NOC(=O)C1=CC(c2nc(-c3ccc(F)c(F)c3)co2)=CCC1. The Morgan fingerprint density at radius 2 is 2.13 bits per heavy atom. The molecule has 23 heavy (non-hydrogen) atoms. The zero-order valence-electron chi connectivity index (χ0n) is 11.9. The molecule has 0 atom stereocenters. The molecule has 0 amide bonds. The average Bonchev–Trinajstić information content (AvgIpc) is 3.07. The molecule has 0 spiro atoms. The second-order valence-corrected chi connectivity index (χ2v) is 4.94. The predicted octanol–water partition coefficient (Wildman–Crippen LogP) is 3.14. The zero-order chi connectivity index (χ0) is 16.4. The molecule has 118 valence electrons. The molecule has 2 N–H and O–H groups in total. The molecule has 0 bridgehead atoms. The predicted molar refractivity (Wildman–Crippen MR) is 77.4 cm³/mol. The van der Waals surface area contributed by atoms with E-state index in [2.05, 4.69) is 9.82 Å². The van der Waals surface area contributed by atoms with Crippen LogP contribution >= 0.6 is 0 Å². The van der Waals surface area contributed by atoms with Gasteiger partial charge in [0.05, 0.1) is 0 Å². The van der Waals surface area contributed by atoms with E-state index in [1.54, 1.807) is 6.08 Å². The molecule has 0 fully saturated rings. The molecule has 0 saturated heterocycles. The average molecular weight is 318 g/mol. The number of hydrogen-bond acceptors (Lipinski definition) is 5. The lowest BCUT2D eigenvalue weighted by Gasteiger charge is -2.09. The molecular weight excluding hydrogens is 306 g/mol.